The minimum absolute atomic E-state index is 0.0684. The number of halogens is 1. The number of benzene rings is 2. The third-order valence-electron chi connectivity index (χ3n) is 6.66. The van der Waals surface area contributed by atoms with E-state index < -0.39 is 39.3 Å². The van der Waals surface area contributed by atoms with Crippen LogP contribution in [0.5, 0.6) is 0 Å². The number of amides is 1. The van der Waals surface area contributed by atoms with E-state index in [1.807, 2.05) is 0 Å². The zero-order chi connectivity index (χ0) is 26.2. The van der Waals surface area contributed by atoms with E-state index in [-0.39, 0.29) is 22.6 Å². The first-order chi connectivity index (χ1) is 17.8. The van der Waals surface area contributed by atoms with Gasteiger partial charge in [0.1, 0.15) is 11.6 Å². The molecule has 2 aromatic carbocycles. The molecule has 1 N–H and O–H groups in total. The molecule has 37 heavy (non-hydrogen) atoms. The van der Waals surface area contributed by atoms with Crippen LogP contribution in [0.3, 0.4) is 0 Å². The number of hydrogen-bond acceptors (Lipinski definition) is 6. The van der Waals surface area contributed by atoms with Crippen molar-refractivity contribution in [1.29, 1.82) is 0 Å². The topological polar surface area (TPSA) is 108 Å². The quantitative estimate of drug-likeness (QED) is 0.302. The van der Waals surface area contributed by atoms with Gasteiger partial charge in [0.2, 0.25) is 10.0 Å². The molecule has 0 radical (unpaired) electrons. The molecule has 0 aliphatic carbocycles. The highest BCUT2D eigenvalue weighted by molar-refractivity contribution is 7.89. The Morgan fingerprint density at radius 2 is 1.57 bits per heavy atom. The lowest BCUT2D eigenvalue weighted by Gasteiger charge is -2.25. The van der Waals surface area contributed by atoms with Gasteiger partial charge in [-0.1, -0.05) is 12.1 Å². The highest BCUT2D eigenvalue weighted by Crippen LogP contribution is 2.40. The third-order valence-corrected chi connectivity index (χ3v) is 8.57. The highest BCUT2D eigenvalue weighted by Gasteiger charge is 2.46. The van der Waals surface area contributed by atoms with Crippen molar-refractivity contribution in [2.24, 2.45) is 0 Å². The Balaban J connectivity index is 1.56. The molecule has 3 heterocycles. The van der Waals surface area contributed by atoms with Crippen molar-refractivity contribution in [1.82, 2.24) is 14.2 Å². The van der Waals surface area contributed by atoms with Gasteiger partial charge in [0.15, 0.2) is 0 Å². The van der Waals surface area contributed by atoms with Crippen LogP contribution >= 0.6 is 0 Å². The Morgan fingerprint density at radius 3 is 2.19 bits per heavy atom. The van der Waals surface area contributed by atoms with Crippen LogP contribution in [0.1, 0.15) is 35.6 Å². The van der Waals surface area contributed by atoms with E-state index in [0.717, 1.165) is 18.4 Å². The Labute approximate surface area is 213 Å². The van der Waals surface area contributed by atoms with E-state index in [1.54, 1.807) is 24.5 Å². The summed E-state index contributed by atoms with van der Waals surface area (Å²) in [6.45, 7) is 0.990. The van der Waals surface area contributed by atoms with E-state index in [1.165, 1.54) is 57.7 Å². The average molecular weight is 522 g/mol. The van der Waals surface area contributed by atoms with E-state index in [0.29, 0.717) is 18.7 Å². The molecule has 0 spiro atoms. The molecule has 190 valence electrons. The van der Waals surface area contributed by atoms with Crippen molar-refractivity contribution in [2.45, 2.75) is 30.3 Å². The van der Waals surface area contributed by atoms with Gasteiger partial charge in [-0.25, -0.2) is 12.8 Å². The molecule has 2 fully saturated rings. The molecule has 2 aliphatic rings. The summed E-state index contributed by atoms with van der Waals surface area (Å²) in [7, 11) is -3.66. The molecule has 0 bridgehead atoms. The number of aromatic nitrogens is 1. The summed E-state index contributed by atoms with van der Waals surface area (Å²) in [5, 5.41) is 11.2. The smallest absolute Gasteiger partial charge is 0.295 e. The summed E-state index contributed by atoms with van der Waals surface area (Å²) < 4.78 is 40.8. The first-order valence-corrected chi connectivity index (χ1v) is 13.2. The van der Waals surface area contributed by atoms with Crippen molar-refractivity contribution in [3.63, 3.8) is 0 Å². The fraction of sp³-hybridized carbons (Fsp3) is 0.222. The van der Waals surface area contributed by atoms with Crippen molar-refractivity contribution >= 4 is 27.5 Å². The number of carbonyl (C=O) groups is 2. The van der Waals surface area contributed by atoms with Gasteiger partial charge >= 0.3 is 0 Å². The van der Waals surface area contributed by atoms with Crippen LogP contribution in [-0.2, 0) is 26.2 Å². The Bertz CT molecular complexity index is 1470. The van der Waals surface area contributed by atoms with Crippen LogP contribution in [-0.4, -0.2) is 52.5 Å². The summed E-state index contributed by atoms with van der Waals surface area (Å²) in [6.07, 6.45) is 4.75. The molecule has 1 aromatic heterocycles. The predicted molar refractivity (Wildman–Crippen MR) is 133 cm³/mol. The normalized spacial score (nSPS) is 20.0. The number of pyridine rings is 1. The zero-order valence-electron chi connectivity index (χ0n) is 19.7. The number of rotatable bonds is 6. The second-order valence-corrected chi connectivity index (χ2v) is 10.9. The van der Waals surface area contributed by atoms with Gasteiger partial charge < -0.3 is 10.0 Å². The first kappa shape index (κ1) is 24.8. The maximum absolute atomic E-state index is 13.7. The second kappa shape index (κ2) is 9.87. The summed E-state index contributed by atoms with van der Waals surface area (Å²) in [5.41, 5.74) is 1.21. The van der Waals surface area contributed by atoms with E-state index >= 15 is 0 Å². The maximum Gasteiger partial charge on any atom is 0.295 e. The molecule has 2 aliphatic heterocycles. The molecule has 8 nitrogen and oxygen atoms in total. The number of Topliss-reactive ketones (excluding diaryl/α,β-unsaturated/α-hetero) is 1. The lowest BCUT2D eigenvalue weighted by Crippen LogP contribution is -2.29. The molecule has 0 unspecified atom stereocenters. The first-order valence-electron chi connectivity index (χ1n) is 11.8. The van der Waals surface area contributed by atoms with Gasteiger partial charge in [0, 0.05) is 37.6 Å². The predicted octanol–water partition coefficient (Wildman–Crippen LogP) is 3.63. The number of carbonyl (C=O) groups excluding carboxylic acids is 2. The minimum Gasteiger partial charge on any atom is -0.507 e. The number of aliphatic hydroxyl groups excluding tert-OH is 1. The summed E-state index contributed by atoms with van der Waals surface area (Å²) in [6, 6.07) is 13.4. The van der Waals surface area contributed by atoms with Gasteiger partial charge in [0.25, 0.3) is 11.7 Å². The average Bonchev–Trinajstić information content (AvgIpc) is 3.54. The van der Waals surface area contributed by atoms with Crippen LogP contribution in [0.4, 0.5) is 4.39 Å². The van der Waals surface area contributed by atoms with Crippen molar-refractivity contribution in [3.05, 3.63) is 101 Å². The Kier molecular flexibility index (Phi) is 6.61. The monoisotopic (exact) mass is 521 g/mol. The fourth-order valence-corrected chi connectivity index (χ4v) is 6.25. The van der Waals surface area contributed by atoms with Crippen molar-refractivity contribution in [3.8, 4) is 0 Å². The second-order valence-electron chi connectivity index (χ2n) is 8.97. The minimum atomic E-state index is -3.66. The lowest BCUT2D eigenvalue weighted by atomic mass is 9.95. The van der Waals surface area contributed by atoms with Gasteiger partial charge in [-0.3, -0.25) is 14.6 Å². The number of nitrogens with zero attached hydrogens (tertiary/aromatic N) is 3. The Morgan fingerprint density at radius 1 is 0.946 bits per heavy atom. The SMILES string of the molecule is O=C1C(=O)N(Cc2ccncc2)[C@@H](c2ccc(F)cc2)C1=C(O)c1ccc(S(=O)(=O)N2CCCC2)cc1. The summed E-state index contributed by atoms with van der Waals surface area (Å²) >= 11 is 0. The lowest BCUT2D eigenvalue weighted by molar-refractivity contribution is -0.140. The standard InChI is InChI=1S/C27H24FN3O5S/c28-21-7-3-19(4-8-21)24-23(26(33)27(34)31(24)17-18-11-13-29-14-12-18)25(32)20-5-9-22(10-6-20)37(35,36)30-15-1-2-16-30/h3-14,24,32H,1-2,15-17H2/t24-/m0/s1. The largest absolute Gasteiger partial charge is 0.507 e. The zero-order valence-corrected chi connectivity index (χ0v) is 20.6. The third kappa shape index (κ3) is 4.65. The van der Waals surface area contributed by atoms with Gasteiger partial charge in [-0.15, -0.1) is 0 Å². The van der Waals surface area contributed by atoms with Gasteiger partial charge in [-0.05, 0) is 72.5 Å². The van der Waals surface area contributed by atoms with Gasteiger partial charge in [0.05, 0.1) is 16.5 Å². The summed E-state index contributed by atoms with van der Waals surface area (Å²) in [4.78, 5) is 31.6. The molecule has 2 saturated heterocycles. The molecule has 1 amide bonds. The highest BCUT2D eigenvalue weighted by atomic mass is 32.2. The van der Waals surface area contributed by atoms with E-state index in [4.69, 9.17) is 0 Å². The number of aliphatic hydroxyl groups is 1. The van der Waals surface area contributed by atoms with Crippen LogP contribution < -0.4 is 0 Å². The van der Waals surface area contributed by atoms with E-state index in [9.17, 15) is 27.5 Å². The Hall–Kier alpha value is -3.89. The van der Waals surface area contributed by atoms with E-state index in [2.05, 4.69) is 4.98 Å². The number of hydrogen-bond donors (Lipinski definition) is 1. The molecule has 0 saturated carbocycles. The molecular formula is C27H24FN3O5S. The number of ketones is 1. The molecule has 1 atom stereocenters. The number of sulfonamides is 1. The van der Waals surface area contributed by atoms with Crippen LogP contribution in [0.25, 0.3) is 5.76 Å². The molecule has 5 rings (SSSR count). The van der Waals surface area contributed by atoms with Gasteiger partial charge in [-0.2, -0.15) is 4.31 Å². The van der Waals surface area contributed by atoms with Crippen molar-refractivity contribution in [2.75, 3.05) is 13.1 Å². The molecule has 3 aromatic rings. The maximum atomic E-state index is 13.7. The summed E-state index contributed by atoms with van der Waals surface area (Å²) in [5.74, 6) is -2.60. The van der Waals surface area contributed by atoms with Crippen LogP contribution in [0.2, 0.25) is 0 Å². The van der Waals surface area contributed by atoms with Crippen LogP contribution in [0.15, 0.2) is 83.5 Å². The van der Waals surface area contributed by atoms with Crippen molar-refractivity contribution < 1.29 is 27.5 Å². The number of likely N-dealkylation sites (tertiary alicyclic amines) is 1. The molecule has 10 heteroatoms. The fourth-order valence-electron chi connectivity index (χ4n) is 4.74. The van der Waals surface area contributed by atoms with Crippen LogP contribution in [0, 0.1) is 5.82 Å². The molecular weight excluding hydrogens is 497 g/mol.